The van der Waals surface area contributed by atoms with Gasteiger partial charge in [-0.05, 0) is 44.7 Å². The van der Waals surface area contributed by atoms with Crippen LogP contribution in [0.15, 0.2) is 30.7 Å². The molecule has 0 bridgehead atoms. The summed E-state index contributed by atoms with van der Waals surface area (Å²) in [6.45, 7) is 5.44. The lowest BCUT2D eigenvalue weighted by Crippen LogP contribution is -2.59. The molecule has 32 heavy (non-hydrogen) atoms. The number of pyridine rings is 1. The fourth-order valence-electron chi connectivity index (χ4n) is 5.24. The monoisotopic (exact) mass is 430 g/mol. The molecule has 164 valence electrons. The maximum Gasteiger partial charge on any atom is 0.224 e. The predicted molar refractivity (Wildman–Crippen MR) is 121 cm³/mol. The van der Waals surface area contributed by atoms with Crippen molar-refractivity contribution < 1.29 is 4.79 Å². The molecule has 1 aliphatic carbocycles. The van der Waals surface area contributed by atoms with Crippen molar-refractivity contribution in [2.75, 3.05) is 18.4 Å². The number of aromatic amines is 1. The number of amides is 1. The van der Waals surface area contributed by atoms with Crippen LogP contribution < -0.4 is 5.32 Å². The number of fused-ring (bicyclic) bond motifs is 2. The van der Waals surface area contributed by atoms with Gasteiger partial charge in [-0.1, -0.05) is 0 Å². The Balaban J connectivity index is 1.17. The maximum absolute atomic E-state index is 11.5. The van der Waals surface area contributed by atoms with E-state index in [0.717, 1.165) is 72.4 Å². The summed E-state index contributed by atoms with van der Waals surface area (Å²) in [5.41, 5.74) is 4.11. The molecule has 0 aromatic carbocycles. The van der Waals surface area contributed by atoms with Gasteiger partial charge in [-0.3, -0.25) is 9.20 Å². The first-order chi connectivity index (χ1) is 15.5. The van der Waals surface area contributed by atoms with E-state index < -0.39 is 0 Å². The normalized spacial score (nSPS) is 18.4. The van der Waals surface area contributed by atoms with Gasteiger partial charge in [0.2, 0.25) is 11.9 Å². The number of carbonyl (C=O) groups is 1. The van der Waals surface area contributed by atoms with E-state index in [1.54, 1.807) is 6.92 Å². The number of hydrogen-bond donors (Lipinski definition) is 2. The number of carbonyl (C=O) groups excluding carboxylic acids is 1. The number of aryl methyl sites for hydroxylation is 1. The molecule has 2 fully saturated rings. The first kappa shape index (κ1) is 19.2. The molecule has 1 saturated carbocycles. The van der Waals surface area contributed by atoms with Crippen molar-refractivity contribution in [2.24, 2.45) is 5.41 Å². The molecule has 4 aromatic heterocycles. The van der Waals surface area contributed by atoms with E-state index in [0.29, 0.717) is 17.4 Å². The fraction of sp³-hybridized carbons (Fsp3) is 0.435. The molecule has 0 radical (unpaired) electrons. The molecule has 1 saturated heterocycles. The number of likely N-dealkylation sites (tertiary alicyclic amines) is 1. The van der Waals surface area contributed by atoms with Crippen LogP contribution in [0.5, 0.6) is 0 Å². The smallest absolute Gasteiger partial charge is 0.224 e. The van der Waals surface area contributed by atoms with Crippen LogP contribution in [0, 0.1) is 12.3 Å². The van der Waals surface area contributed by atoms with Gasteiger partial charge >= 0.3 is 0 Å². The predicted octanol–water partition coefficient (Wildman–Crippen LogP) is 3.18. The van der Waals surface area contributed by atoms with Crippen LogP contribution in [0.4, 0.5) is 5.95 Å². The second-order valence-corrected chi connectivity index (χ2v) is 9.35. The first-order valence-electron chi connectivity index (χ1n) is 11.2. The number of nitrogens with one attached hydrogen (secondary N) is 2. The van der Waals surface area contributed by atoms with Crippen LogP contribution in [-0.4, -0.2) is 59.5 Å². The van der Waals surface area contributed by atoms with Crippen LogP contribution in [-0.2, 0) is 4.79 Å². The quantitative estimate of drug-likeness (QED) is 0.517. The SMILES string of the molecule is CC(=O)N1CC2(CCC(Nc3ncc4c(-c5ccc6nnc(C)n6c5)c[nH]c4n3)CC2)C1. The lowest BCUT2D eigenvalue weighted by Gasteiger charge is -2.53. The van der Waals surface area contributed by atoms with E-state index in [2.05, 4.69) is 25.5 Å². The molecule has 1 amide bonds. The largest absolute Gasteiger partial charge is 0.351 e. The average Bonchev–Trinajstić information content (AvgIpc) is 3.35. The van der Waals surface area contributed by atoms with Crippen LogP contribution in [0.25, 0.3) is 27.8 Å². The Hall–Kier alpha value is -3.49. The van der Waals surface area contributed by atoms with Gasteiger partial charge in [0.1, 0.15) is 11.5 Å². The number of H-pyrrole nitrogens is 1. The molecule has 9 nitrogen and oxygen atoms in total. The summed E-state index contributed by atoms with van der Waals surface area (Å²) in [5, 5.41) is 12.8. The Labute approximate surface area is 185 Å². The van der Waals surface area contributed by atoms with Crippen molar-refractivity contribution in [3.8, 4) is 11.1 Å². The van der Waals surface area contributed by atoms with Gasteiger partial charge in [0.25, 0.3) is 0 Å². The zero-order valence-electron chi connectivity index (χ0n) is 18.3. The molecule has 4 aromatic rings. The van der Waals surface area contributed by atoms with Crippen molar-refractivity contribution in [2.45, 2.75) is 45.6 Å². The summed E-state index contributed by atoms with van der Waals surface area (Å²) in [7, 11) is 0. The Bertz CT molecular complexity index is 1320. The van der Waals surface area contributed by atoms with Gasteiger partial charge in [0.15, 0.2) is 5.65 Å². The lowest BCUT2D eigenvalue weighted by atomic mass is 9.67. The molecular formula is C23H26N8O. The summed E-state index contributed by atoms with van der Waals surface area (Å²) in [5.74, 6) is 1.71. The van der Waals surface area contributed by atoms with Crippen LogP contribution in [0.3, 0.4) is 0 Å². The van der Waals surface area contributed by atoms with Gasteiger partial charge in [-0.15, -0.1) is 10.2 Å². The summed E-state index contributed by atoms with van der Waals surface area (Å²) >= 11 is 0. The van der Waals surface area contributed by atoms with Crippen molar-refractivity contribution >= 4 is 28.5 Å². The molecule has 0 unspecified atom stereocenters. The molecule has 5 heterocycles. The molecule has 1 aliphatic heterocycles. The third-order valence-corrected chi connectivity index (χ3v) is 7.19. The Morgan fingerprint density at radius 2 is 2.03 bits per heavy atom. The lowest BCUT2D eigenvalue weighted by molar-refractivity contribution is -0.143. The molecular weight excluding hydrogens is 404 g/mol. The van der Waals surface area contributed by atoms with Gasteiger partial charge < -0.3 is 15.2 Å². The van der Waals surface area contributed by atoms with Crippen LogP contribution in [0.2, 0.25) is 0 Å². The number of nitrogens with zero attached hydrogens (tertiary/aromatic N) is 6. The first-order valence-corrected chi connectivity index (χ1v) is 11.2. The highest BCUT2D eigenvalue weighted by Crippen LogP contribution is 2.44. The van der Waals surface area contributed by atoms with Gasteiger partial charge in [0, 0.05) is 66.6 Å². The van der Waals surface area contributed by atoms with Crippen molar-refractivity contribution in [3.05, 3.63) is 36.5 Å². The van der Waals surface area contributed by atoms with E-state index in [1.165, 1.54) is 0 Å². The molecule has 6 rings (SSSR count). The molecule has 0 atom stereocenters. The van der Waals surface area contributed by atoms with Crippen LogP contribution >= 0.6 is 0 Å². The zero-order valence-corrected chi connectivity index (χ0v) is 18.3. The van der Waals surface area contributed by atoms with E-state index in [9.17, 15) is 4.79 Å². The summed E-state index contributed by atoms with van der Waals surface area (Å²) in [6, 6.07) is 4.39. The topological polar surface area (TPSA) is 104 Å². The van der Waals surface area contributed by atoms with Gasteiger partial charge in [0.05, 0.1) is 0 Å². The molecule has 2 N–H and O–H groups in total. The molecule has 9 heteroatoms. The van der Waals surface area contributed by atoms with E-state index in [-0.39, 0.29) is 5.91 Å². The Morgan fingerprint density at radius 3 is 2.81 bits per heavy atom. The van der Waals surface area contributed by atoms with Crippen molar-refractivity contribution in [3.63, 3.8) is 0 Å². The number of anilines is 1. The number of rotatable bonds is 3. The maximum atomic E-state index is 11.5. The van der Waals surface area contributed by atoms with Gasteiger partial charge in [-0.2, -0.15) is 4.98 Å². The van der Waals surface area contributed by atoms with Gasteiger partial charge in [-0.25, -0.2) is 4.98 Å². The Morgan fingerprint density at radius 1 is 1.22 bits per heavy atom. The summed E-state index contributed by atoms with van der Waals surface area (Å²) in [6.07, 6.45) is 10.4. The van der Waals surface area contributed by atoms with E-state index in [4.69, 9.17) is 4.98 Å². The third-order valence-electron chi connectivity index (χ3n) is 7.19. The zero-order chi connectivity index (χ0) is 21.9. The van der Waals surface area contributed by atoms with E-state index >= 15 is 0 Å². The Kier molecular flexibility index (Phi) is 4.21. The fourth-order valence-corrected chi connectivity index (χ4v) is 5.24. The highest BCUT2D eigenvalue weighted by atomic mass is 16.2. The second-order valence-electron chi connectivity index (χ2n) is 9.35. The number of hydrogen-bond acceptors (Lipinski definition) is 6. The molecule has 2 aliphatic rings. The average molecular weight is 431 g/mol. The van der Waals surface area contributed by atoms with E-state index in [1.807, 2.05) is 46.9 Å². The molecule has 1 spiro atoms. The summed E-state index contributed by atoms with van der Waals surface area (Å²) < 4.78 is 1.98. The second kappa shape index (κ2) is 7.01. The van der Waals surface area contributed by atoms with Crippen molar-refractivity contribution in [1.82, 2.24) is 34.4 Å². The summed E-state index contributed by atoms with van der Waals surface area (Å²) in [4.78, 5) is 26.1. The van der Waals surface area contributed by atoms with Crippen molar-refractivity contribution in [1.29, 1.82) is 0 Å². The minimum atomic E-state index is 0.194. The minimum absolute atomic E-state index is 0.194. The standard InChI is InChI=1S/C23H26N8O/c1-14-28-29-20-4-3-16(11-31(14)20)18-9-24-21-19(18)10-25-22(27-21)26-17-5-7-23(8-6-17)12-30(13-23)15(2)32/h3-4,9-11,17H,5-8,12-13H2,1-2H3,(H2,24,25,26,27). The minimum Gasteiger partial charge on any atom is -0.351 e. The number of aromatic nitrogens is 6. The highest BCUT2D eigenvalue weighted by Gasteiger charge is 2.46. The third kappa shape index (κ3) is 3.11. The van der Waals surface area contributed by atoms with Crippen LogP contribution in [0.1, 0.15) is 38.4 Å². The highest BCUT2D eigenvalue weighted by molar-refractivity contribution is 5.93.